The molecule has 4 N–H and O–H groups in total. The first-order valence-corrected chi connectivity index (χ1v) is 6.03. The zero-order valence-electron chi connectivity index (χ0n) is 8.64. The first-order valence-electron chi connectivity index (χ1n) is 4.55. The third kappa shape index (κ3) is 2.91. The summed E-state index contributed by atoms with van der Waals surface area (Å²) in [7, 11) is -3.82. The number of aliphatic hydroxyl groups excluding tert-OH is 1. The molecule has 1 atom stereocenters. The summed E-state index contributed by atoms with van der Waals surface area (Å²) in [6.45, 7) is 1.16. The Bertz CT molecular complexity index is 476. The lowest BCUT2D eigenvalue weighted by Gasteiger charge is -2.12. The highest BCUT2D eigenvalue weighted by Crippen LogP contribution is 2.19. The molecule has 1 aromatic carbocycles. The van der Waals surface area contributed by atoms with Crippen molar-refractivity contribution in [1.82, 2.24) is 4.72 Å². The van der Waals surface area contributed by atoms with Gasteiger partial charge in [-0.1, -0.05) is 0 Å². The zero-order valence-corrected chi connectivity index (χ0v) is 9.46. The predicted octanol–water partition coefficient (Wildman–Crippen LogP) is 0.0670. The Morgan fingerprint density at radius 1 is 1.56 bits per heavy atom. The molecule has 0 fully saturated rings. The van der Waals surface area contributed by atoms with Crippen molar-refractivity contribution >= 4 is 15.7 Å². The average molecular weight is 248 g/mol. The third-order valence-electron chi connectivity index (χ3n) is 1.89. The van der Waals surface area contributed by atoms with E-state index in [0.717, 1.165) is 18.2 Å². The first kappa shape index (κ1) is 12.9. The van der Waals surface area contributed by atoms with Gasteiger partial charge in [-0.15, -0.1) is 0 Å². The van der Waals surface area contributed by atoms with Crippen LogP contribution in [0.25, 0.3) is 0 Å². The standard InChI is InChI=1S/C9H13FN2O3S/c1-6(5-13)12-16(14,15)9-3-2-7(10)4-8(9)11/h2-4,6,12-13H,5,11H2,1H3/t6-/m1/s1. The van der Waals surface area contributed by atoms with Crippen LogP contribution in [0.4, 0.5) is 10.1 Å². The average Bonchev–Trinajstić information content (AvgIpc) is 2.16. The molecule has 0 amide bonds. The molecular formula is C9H13FN2O3S. The van der Waals surface area contributed by atoms with Gasteiger partial charge in [0.2, 0.25) is 10.0 Å². The van der Waals surface area contributed by atoms with Crippen LogP contribution in [0.15, 0.2) is 23.1 Å². The smallest absolute Gasteiger partial charge is 0.242 e. The van der Waals surface area contributed by atoms with Crippen molar-refractivity contribution in [2.24, 2.45) is 0 Å². The minimum absolute atomic E-state index is 0.169. The van der Waals surface area contributed by atoms with E-state index in [1.807, 2.05) is 0 Å². The first-order chi connectivity index (χ1) is 7.36. The Morgan fingerprint density at radius 3 is 2.69 bits per heavy atom. The Kier molecular flexibility index (Phi) is 3.84. The van der Waals surface area contributed by atoms with Gasteiger partial charge in [0.15, 0.2) is 0 Å². The highest BCUT2D eigenvalue weighted by molar-refractivity contribution is 7.89. The van der Waals surface area contributed by atoms with Crippen molar-refractivity contribution < 1.29 is 17.9 Å². The molecule has 0 aliphatic carbocycles. The third-order valence-corrected chi connectivity index (χ3v) is 3.56. The van der Waals surface area contributed by atoms with Crippen LogP contribution in [0.2, 0.25) is 0 Å². The van der Waals surface area contributed by atoms with Gasteiger partial charge in [0.1, 0.15) is 10.7 Å². The molecule has 0 aromatic heterocycles. The van der Waals surface area contributed by atoms with Gasteiger partial charge in [0.05, 0.1) is 12.3 Å². The van der Waals surface area contributed by atoms with E-state index in [9.17, 15) is 12.8 Å². The van der Waals surface area contributed by atoms with Gasteiger partial charge in [0, 0.05) is 6.04 Å². The molecule has 1 rings (SSSR count). The van der Waals surface area contributed by atoms with E-state index in [-0.39, 0.29) is 17.2 Å². The second-order valence-electron chi connectivity index (χ2n) is 3.39. The van der Waals surface area contributed by atoms with E-state index >= 15 is 0 Å². The topological polar surface area (TPSA) is 92.4 Å². The summed E-state index contributed by atoms with van der Waals surface area (Å²) in [5.41, 5.74) is 5.23. The fourth-order valence-electron chi connectivity index (χ4n) is 1.13. The number of nitrogen functional groups attached to an aromatic ring is 1. The van der Waals surface area contributed by atoms with Gasteiger partial charge in [-0.05, 0) is 25.1 Å². The van der Waals surface area contributed by atoms with Gasteiger partial charge >= 0.3 is 0 Å². The largest absolute Gasteiger partial charge is 0.398 e. The lowest BCUT2D eigenvalue weighted by Crippen LogP contribution is -2.35. The highest BCUT2D eigenvalue weighted by Gasteiger charge is 2.19. The molecule has 0 spiro atoms. The molecule has 90 valence electrons. The van der Waals surface area contributed by atoms with Crippen molar-refractivity contribution in [1.29, 1.82) is 0 Å². The second kappa shape index (κ2) is 4.77. The Morgan fingerprint density at radius 2 is 2.19 bits per heavy atom. The lowest BCUT2D eigenvalue weighted by atomic mass is 10.3. The Labute approximate surface area is 93.1 Å². The van der Waals surface area contributed by atoms with Gasteiger partial charge < -0.3 is 10.8 Å². The SMILES string of the molecule is C[C@H](CO)NS(=O)(=O)c1ccc(F)cc1N. The highest BCUT2D eigenvalue weighted by atomic mass is 32.2. The van der Waals surface area contributed by atoms with Crippen LogP contribution in [-0.2, 0) is 10.0 Å². The second-order valence-corrected chi connectivity index (χ2v) is 5.07. The van der Waals surface area contributed by atoms with Crippen molar-refractivity contribution in [3.05, 3.63) is 24.0 Å². The number of nitrogens with one attached hydrogen (secondary N) is 1. The van der Waals surface area contributed by atoms with E-state index in [0.29, 0.717) is 0 Å². The summed E-state index contributed by atoms with van der Waals surface area (Å²) in [5.74, 6) is -0.605. The molecule has 1 aromatic rings. The van der Waals surface area contributed by atoms with E-state index in [4.69, 9.17) is 10.8 Å². The lowest BCUT2D eigenvalue weighted by molar-refractivity contribution is 0.265. The Balaban J connectivity index is 3.08. The fourth-order valence-corrected chi connectivity index (χ4v) is 2.48. The van der Waals surface area contributed by atoms with Crippen LogP contribution in [0.5, 0.6) is 0 Å². The summed E-state index contributed by atoms with van der Waals surface area (Å²) < 4.78 is 38.3. The quantitative estimate of drug-likeness (QED) is 0.657. The summed E-state index contributed by atoms with van der Waals surface area (Å²) in [6.07, 6.45) is 0. The molecule has 5 nitrogen and oxygen atoms in total. The zero-order chi connectivity index (χ0) is 12.3. The summed E-state index contributed by atoms with van der Waals surface area (Å²) >= 11 is 0. The van der Waals surface area contributed by atoms with Gasteiger partial charge in [-0.25, -0.2) is 17.5 Å². The molecule has 0 aliphatic rings. The van der Waals surface area contributed by atoms with E-state index in [1.54, 1.807) is 0 Å². The molecule has 16 heavy (non-hydrogen) atoms. The number of nitrogens with two attached hydrogens (primary N) is 1. The monoisotopic (exact) mass is 248 g/mol. The number of aliphatic hydroxyl groups is 1. The van der Waals surface area contributed by atoms with Gasteiger partial charge in [0.25, 0.3) is 0 Å². The number of halogens is 1. The van der Waals surface area contributed by atoms with E-state index in [1.165, 1.54) is 6.92 Å². The fraction of sp³-hybridized carbons (Fsp3) is 0.333. The number of rotatable bonds is 4. The minimum Gasteiger partial charge on any atom is -0.398 e. The van der Waals surface area contributed by atoms with Crippen LogP contribution < -0.4 is 10.5 Å². The predicted molar refractivity (Wildman–Crippen MR) is 57.7 cm³/mol. The molecule has 0 aliphatic heterocycles. The Hall–Kier alpha value is -1.18. The number of hydrogen-bond donors (Lipinski definition) is 3. The molecule has 0 unspecified atom stereocenters. The van der Waals surface area contributed by atoms with Crippen LogP contribution in [-0.4, -0.2) is 26.2 Å². The number of hydrogen-bond acceptors (Lipinski definition) is 4. The van der Waals surface area contributed by atoms with Crippen LogP contribution >= 0.6 is 0 Å². The molecule has 0 saturated heterocycles. The van der Waals surface area contributed by atoms with Crippen molar-refractivity contribution in [2.45, 2.75) is 17.9 Å². The molecule has 0 heterocycles. The molecule has 0 radical (unpaired) electrons. The van der Waals surface area contributed by atoms with Crippen molar-refractivity contribution in [3.8, 4) is 0 Å². The maximum absolute atomic E-state index is 12.7. The summed E-state index contributed by atoms with van der Waals surface area (Å²) in [6, 6.07) is 2.39. The van der Waals surface area contributed by atoms with Crippen molar-refractivity contribution in [2.75, 3.05) is 12.3 Å². The summed E-state index contributed by atoms with van der Waals surface area (Å²) in [4.78, 5) is -0.200. The summed E-state index contributed by atoms with van der Waals surface area (Å²) in [5, 5.41) is 8.74. The van der Waals surface area contributed by atoms with Crippen LogP contribution in [0.3, 0.4) is 0 Å². The maximum atomic E-state index is 12.7. The number of sulfonamides is 1. The molecule has 0 bridgehead atoms. The molecule has 7 heteroatoms. The van der Waals surface area contributed by atoms with E-state index in [2.05, 4.69) is 4.72 Å². The minimum atomic E-state index is -3.82. The van der Waals surface area contributed by atoms with Crippen molar-refractivity contribution in [3.63, 3.8) is 0 Å². The maximum Gasteiger partial charge on any atom is 0.242 e. The normalized spacial score (nSPS) is 13.7. The van der Waals surface area contributed by atoms with Gasteiger partial charge in [-0.3, -0.25) is 0 Å². The van der Waals surface area contributed by atoms with Crippen LogP contribution in [0, 0.1) is 5.82 Å². The van der Waals surface area contributed by atoms with Crippen LogP contribution in [0.1, 0.15) is 6.92 Å². The molecular weight excluding hydrogens is 235 g/mol. The molecule has 0 saturated carbocycles. The van der Waals surface area contributed by atoms with E-state index < -0.39 is 21.9 Å². The van der Waals surface area contributed by atoms with Gasteiger partial charge in [-0.2, -0.15) is 0 Å². The number of benzene rings is 1. The number of anilines is 1.